The van der Waals surface area contributed by atoms with E-state index in [0.29, 0.717) is 6.42 Å². The maximum Gasteiger partial charge on any atom is 0.305 e. The van der Waals surface area contributed by atoms with Gasteiger partial charge in [0.25, 0.3) is 0 Å². The lowest BCUT2D eigenvalue weighted by molar-refractivity contribution is -0.264. The fourth-order valence-corrected chi connectivity index (χ4v) is 2.56. The Morgan fingerprint density at radius 1 is 1.04 bits per heavy atom. The van der Waals surface area contributed by atoms with Crippen LogP contribution in [0, 0.1) is 0 Å². The molecular weight excluding hydrogens is 350 g/mol. The summed E-state index contributed by atoms with van der Waals surface area (Å²) in [6.45, 7) is 4.96. The largest absolute Gasteiger partial charge is 0.463 e. The van der Waals surface area contributed by atoms with E-state index in [9.17, 15) is 24.3 Å². The standard InChI is InChI=1S/C16H25NO9/c1-5-6-12(21)23-7-11-14(24-9(3)19)15(25-10(4)20)13(16(22)26-11)17-8(2)18/h11,13-16,22H,5-7H2,1-4H3,(H,17,18)/t11-,13+,14-,15-,16?/m1/s1. The number of ether oxygens (including phenoxy) is 4. The highest BCUT2D eigenvalue weighted by atomic mass is 16.7. The third-order valence-corrected chi connectivity index (χ3v) is 3.50. The summed E-state index contributed by atoms with van der Waals surface area (Å²) < 4.78 is 20.7. The quantitative estimate of drug-likeness (QED) is 0.442. The van der Waals surface area contributed by atoms with E-state index in [1.807, 2.05) is 0 Å². The van der Waals surface area contributed by atoms with Crippen molar-refractivity contribution in [3.8, 4) is 0 Å². The predicted octanol–water partition coefficient (Wildman–Crippen LogP) is -0.585. The second kappa shape index (κ2) is 10.1. The molecule has 1 fully saturated rings. The van der Waals surface area contributed by atoms with E-state index >= 15 is 0 Å². The van der Waals surface area contributed by atoms with Crippen LogP contribution in [0.1, 0.15) is 40.5 Å². The van der Waals surface area contributed by atoms with E-state index < -0.39 is 54.5 Å². The Labute approximate surface area is 151 Å². The number of nitrogens with one attached hydrogen (secondary N) is 1. The average Bonchev–Trinajstić information content (AvgIpc) is 2.51. The Morgan fingerprint density at radius 3 is 2.12 bits per heavy atom. The molecule has 0 saturated carbocycles. The topological polar surface area (TPSA) is 137 Å². The second-order valence-corrected chi connectivity index (χ2v) is 5.87. The molecule has 10 nitrogen and oxygen atoms in total. The van der Waals surface area contributed by atoms with Crippen molar-refractivity contribution in [3.63, 3.8) is 0 Å². The lowest BCUT2D eigenvalue weighted by Gasteiger charge is -2.43. The molecule has 0 radical (unpaired) electrons. The predicted molar refractivity (Wildman–Crippen MR) is 85.5 cm³/mol. The molecule has 5 atom stereocenters. The summed E-state index contributed by atoms with van der Waals surface area (Å²) in [7, 11) is 0. The number of rotatable bonds is 7. The van der Waals surface area contributed by atoms with Gasteiger partial charge in [-0.15, -0.1) is 0 Å². The number of carbonyl (C=O) groups is 4. The maximum atomic E-state index is 11.6. The highest BCUT2D eigenvalue weighted by Gasteiger charge is 2.50. The zero-order valence-electron chi connectivity index (χ0n) is 15.2. The minimum Gasteiger partial charge on any atom is -0.463 e. The Hall–Kier alpha value is -2.20. The first-order valence-electron chi connectivity index (χ1n) is 8.26. The number of aliphatic hydroxyl groups excluding tert-OH is 1. The van der Waals surface area contributed by atoms with Gasteiger partial charge in [0.2, 0.25) is 5.91 Å². The van der Waals surface area contributed by atoms with Crippen LogP contribution in [0.5, 0.6) is 0 Å². The van der Waals surface area contributed by atoms with Crippen molar-refractivity contribution in [2.75, 3.05) is 6.61 Å². The molecule has 0 spiro atoms. The normalized spacial score (nSPS) is 28.0. The van der Waals surface area contributed by atoms with Crippen LogP contribution in [0.25, 0.3) is 0 Å². The lowest BCUT2D eigenvalue weighted by Crippen LogP contribution is -2.66. The Balaban J connectivity index is 3.05. The molecule has 148 valence electrons. The van der Waals surface area contributed by atoms with Crippen molar-refractivity contribution < 1.29 is 43.2 Å². The van der Waals surface area contributed by atoms with E-state index in [4.69, 9.17) is 18.9 Å². The summed E-state index contributed by atoms with van der Waals surface area (Å²) in [6.07, 6.45) is -4.28. The van der Waals surface area contributed by atoms with Crippen LogP contribution in [0.15, 0.2) is 0 Å². The van der Waals surface area contributed by atoms with Gasteiger partial charge in [0.05, 0.1) is 0 Å². The van der Waals surface area contributed by atoms with Gasteiger partial charge in [-0.2, -0.15) is 0 Å². The zero-order chi connectivity index (χ0) is 19.9. The first kappa shape index (κ1) is 21.8. The minimum atomic E-state index is -1.56. The smallest absolute Gasteiger partial charge is 0.305 e. The van der Waals surface area contributed by atoms with Crippen LogP contribution in [-0.4, -0.2) is 66.2 Å². The van der Waals surface area contributed by atoms with Crippen LogP contribution in [0.2, 0.25) is 0 Å². The van der Waals surface area contributed by atoms with Crippen LogP contribution >= 0.6 is 0 Å². The molecule has 1 rings (SSSR count). The van der Waals surface area contributed by atoms with Crippen molar-refractivity contribution in [3.05, 3.63) is 0 Å². The van der Waals surface area contributed by atoms with E-state index in [0.717, 1.165) is 13.8 Å². The zero-order valence-corrected chi connectivity index (χ0v) is 15.2. The summed E-state index contributed by atoms with van der Waals surface area (Å²) in [6, 6.07) is -1.16. The summed E-state index contributed by atoms with van der Waals surface area (Å²) in [5, 5.41) is 12.6. The summed E-state index contributed by atoms with van der Waals surface area (Å²) in [5.41, 5.74) is 0. The molecule has 1 aliphatic heterocycles. The second-order valence-electron chi connectivity index (χ2n) is 5.87. The molecule has 0 aromatic rings. The van der Waals surface area contributed by atoms with Crippen molar-refractivity contribution in [1.82, 2.24) is 5.32 Å². The van der Waals surface area contributed by atoms with E-state index in [-0.39, 0.29) is 13.0 Å². The van der Waals surface area contributed by atoms with Crippen molar-refractivity contribution in [1.29, 1.82) is 0 Å². The van der Waals surface area contributed by atoms with Crippen LogP contribution in [-0.2, 0) is 38.1 Å². The van der Waals surface area contributed by atoms with Gasteiger partial charge in [0.1, 0.15) is 18.8 Å². The monoisotopic (exact) mass is 375 g/mol. The van der Waals surface area contributed by atoms with E-state index in [1.165, 1.54) is 6.92 Å². The van der Waals surface area contributed by atoms with E-state index in [1.54, 1.807) is 6.92 Å². The van der Waals surface area contributed by atoms with Gasteiger partial charge in [-0.05, 0) is 6.42 Å². The number of carbonyl (C=O) groups excluding carboxylic acids is 4. The van der Waals surface area contributed by atoms with Gasteiger partial charge in [-0.25, -0.2) is 0 Å². The highest BCUT2D eigenvalue weighted by molar-refractivity contribution is 5.73. The van der Waals surface area contributed by atoms with Gasteiger partial charge in [0.15, 0.2) is 18.5 Å². The number of hydrogen-bond acceptors (Lipinski definition) is 9. The van der Waals surface area contributed by atoms with E-state index in [2.05, 4.69) is 5.32 Å². The molecule has 10 heteroatoms. The molecule has 1 amide bonds. The first-order valence-corrected chi connectivity index (χ1v) is 8.26. The van der Waals surface area contributed by atoms with Crippen molar-refractivity contribution >= 4 is 23.8 Å². The Bertz CT molecular complexity index is 536. The molecule has 1 saturated heterocycles. The molecule has 0 aromatic heterocycles. The van der Waals surface area contributed by atoms with Gasteiger partial charge in [-0.1, -0.05) is 6.92 Å². The molecule has 1 heterocycles. The lowest BCUT2D eigenvalue weighted by atomic mass is 9.96. The Kier molecular flexibility index (Phi) is 8.46. The fourth-order valence-electron chi connectivity index (χ4n) is 2.56. The van der Waals surface area contributed by atoms with Crippen LogP contribution in [0.3, 0.4) is 0 Å². The van der Waals surface area contributed by atoms with Crippen molar-refractivity contribution in [2.45, 2.75) is 71.2 Å². The van der Waals surface area contributed by atoms with Gasteiger partial charge in [-0.3, -0.25) is 19.2 Å². The minimum absolute atomic E-state index is 0.190. The van der Waals surface area contributed by atoms with Crippen LogP contribution < -0.4 is 5.32 Å². The number of hydrogen-bond donors (Lipinski definition) is 2. The van der Waals surface area contributed by atoms with Gasteiger partial charge >= 0.3 is 17.9 Å². The molecule has 0 aromatic carbocycles. The van der Waals surface area contributed by atoms with Crippen LogP contribution in [0.4, 0.5) is 0 Å². The number of amides is 1. The fraction of sp³-hybridized carbons (Fsp3) is 0.750. The summed E-state index contributed by atoms with van der Waals surface area (Å²) >= 11 is 0. The van der Waals surface area contributed by atoms with Crippen molar-refractivity contribution in [2.24, 2.45) is 0 Å². The third kappa shape index (κ3) is 6.60. The van der Waals surface area contributed by atoms with Gasteiger partial charge < -0.3 is 29.4 Å². The summed E-state index contributed by atoms with van der Waals surface area (Å²) in [5.74, 6) is -2.40. The SMILES string of the molecule is CCCC(=O)OC[C@H]1OC(O)[C@@H](NC(C)=O)[C@@H](OC(C)=O)[C@@H]1OC(C)=O. The third-order valence-electron chi connectivity index (χ3n) is 3.50. The first-order chi connectivity index (χ1) is 12.1. The molecule has 1 unspecified atom stereocenters. The molecular formula is C16H25NO9. The molecule has 2 N–H and O–H groups in total. The van der Waals surface area contributed by atoms with Gasteiger partial charge in [0, 0.05) is 27.2 Å². The summed E-state index contributed by atoms with van der Waals surface area (Å²) in [4.78, 5) is 45.9. The highest BCUT2D eigenvalue weighted by Crippen LogP contribution is 2.26. The Morgan fingerprint density at radius 2 is 1.62 bits per heavy atom. The average molecular weight is 375 g/mol. The maximum absolute atomic E-state index is 11.6. The molecule has 0 bridgehead atoms. The molecule has 26 heavy (non-hydrogen) atoms. The number of aliphatic hydroxyl groups is 1. The molecule has 0 aliphatic carbocycles. The number of esters is 3. The molecule has 1 aliphatic rings.